The van der Waals surface area contributed by atoms with Crippen LogP contribution in [0.2, 0.25) is 0 Å². The third kappa shape index (κ3) is 8.26. The Balaban J connectivity index is 0. The molecule has 0 aromatic heterocycles. The second kappa shape index (κ2) is 11.3. The summed E-state index contributed by atoms with van der Waals surface area (Å²) in [4.78, 5) is 22.0. The van der Waals surface area contributed by atoms with Gasteiger partial charge in [0.05, 0.1) is 6.04 Å². The summed E-state index contributed by atoms with van der Waals surface area (Å²) in [6.07, 6.45) is 3.87. The lowest BCUT2D eigenvalue weighted by atomic mass is 10.1. The van der Waals surface area contributed by atoms with Crippen LogP contribution in [-0.4, -0.2) is 42.2 Å². The minimum absolute atomic E-state index is 0. The van der Waals surface area contributed by atoms with Crippen molar-refractivity contribution in [2.45, 2.75) is 44.2 Å². The van der Waals surface area contributed by atoms with Crippen molar-refractivity contribution in [3.63, 3.8) is 0 Å². The molecule has 0 aliphatic carbocycles. The summed E-state index contributed by atoms with van der Waals surface area (Å²) in [6.45, 7) is 1.49. The van der Waals surface area contributed by atoms with Crippen LogP contribution < -0.4 is 16.4 Å². The number of nitrogens with two attached hydrogens (primary N) is 1. The molecule has 5 N–H and O–H groups in total. The monoisotopic (exact) mass is 315 g/mol. The van der Waals surface area contributed by atoms with Crippen LogP contribution in [0, 0.1) is 0 Å². The zero-order valence-corrected chi connectivity index (χ0v) is 12.4. The molecule has 0 radical (unpaired) electrons. The summed E-state index contributed by atoms with van der Waals surface area (Å²) >= 11 is 0. The van der Waals surface area contributed by atoms with Crippen LogP contribution in [0.3, 0.4) is 0 Å². The van der Waals surface area contributed by atoms with Crippen molar-refractivity contribution in [2.75, 3.05) is 13.1 Å². The van der Waals surface area contributed by atoms with Crippen molar-refractivity contribution in [2.24, 2.45) is 5.73 Å². The van der Waals surface area contributed by atoms with Gasteiger partial charge in [-0.2, -0.15) is 0 Å². The van der Waals surface area contributed by atoms with E-state index < -0.39 is 12.0 Å². The molecule has 1 heterocycles. The Hall–Kier alpha value is -0.560. The van der Waals surface area contributed by atoms with Crippen molar-refractivity contribution in [3.8, 4) is 0 Å². The molecular formula is C11H23Cl2N3O3. The van der Waals surface area contributed by atoms with E-state index in [-0.39, 0.29) is 36.8 Å². The van der Waals surface area contributed by atoms with Gasteiger partial charge in [-0.25, -0.2) is 0 Å². The maximum Gasteiger partial charge on any atom is 0.320 e. The zero-order valence-electron chi connectivity index (χ0n) is 10.8. The molecule has 6 nitrogen and oxygen atoms in total. The Kier molecular flexibility index (Phi) is 12.3. The Labute approximate surface area is 125 Å². The van der Waals surface area contributed by atoms with Crippen LogP contribution in [-0.2, 0) is 9.59 Å². The molecule has 19 heavy (non-hydrogen) atoms. The van der Waals surface area contributed by atoms with Crippen LogP contribution in [0.5, 0.6) is 0 Å². The topological polar surface area (TPSA) is 104 Å². The van der Waals surface area contributed by atoms with Gasteiger partial charge >= 0.3 is 5.97 Å². The van der Waals surface area contributed by atoms with E-state index in [0.717, 1.165) is 25.8 Å². The van der Waals surface area contributed by atoms with Crippen molar-refractivity contribution in [1.82, 2.24) is 10.6 Å². The standard InChI is InChI=1S/C11H21N3O3.2ClH/c12-8(11(16)17)4-1-2-6-14-10(15)9-5-3-7-13-9;;/h8-9,13H,1-7,12H2,(H,14,15)(H,16,17);2*1H/t8-,9+;;/m0../s1. The first-order valence-electron chi connectivity index (χ1n) is 6.10. The van der Waals surface area contributed by atoms with Gasteiger partial charge in [0, 0.05) is 6.54 Å². The lowest BCUT2D eigenvalue weighted by Crippen LogP contribution is -2.40. The maximum absolute atomic E-state index is 11.6. The highest BCUT2D eigenvalue weighted by Gasteiger charge is 2.21. The minimum atomic E-state index is -0.968. The van der Waals surface area contributed by atoms with Gasteiger partial charge in [0.2, 0.25) is 5.91 Å². The summed E-state index contributed by atoms with van der Waals surface area (Å²) in [6, 6.07) is -0.835. The molecule has 0 unspecified atom stereocenters. The van der Waals surface area contributed by atoms with Crippen molar-refractivity contribution in [3.05, 3.63) is 0 Å². The Morgan fingerprint density at radius 1 is 1.37 bits per heavy atom. The second-order valence-corrected chi connectivity index (χ2v) is 4.38. The SMILES string of the molecule is Cl.Cl.N[C@@H](CCCCNC(=O)[C@H]1CCCN1)C(=O)O. The van der Waals surface area contributed by atoms with Crippen molar-refractivity contribution >= 4 is 36.7 Å². The first kappa shape index (κ1) is 20.8. The number of carbonyl (C=O) groups is 2. The lowest BCUT2D eigenvalue weighted by molar-refractivity contribution is -0.138. The molecule has 1 fully saturated rings. The van der Waals surface area contributed by atoms with E-state index in [0.29, 0.717) is 19.4 Å². The van der Waals surface area contributed by atoms with Crippen LogP contribution in [0.25, 0.3) is 0 Å². The number of unbranched alkanes of at least 4 members (excludes halogenated alkanes) is 1. The molecule has 0 saturated carbocycles. The lowest BCUT2D eigenvalue weighted by Gasteiger charge is -2.11. The van der Waals surface area contributed by atoms with E-state index in [1.54, 1.807) is 0 Å². The molecule has 0 bridgehead atoms. The Bertz CT molecular complexity index is 274. The number of carbonyl (C=O) groups excluding carboxylic acids is 1. The summed E-state index contributed by atoms with van der Waals surface area (Å²) in [5, 5.41) is 14.5. The number of hydrogen-bond donors (Lipinski definition) is 4. The largest absolute Gasteiger partial charge is 0.480 e. The maximum atomic E-state index is 11.6. The smallest absolute Gasteiger partial charge is 0.320 e. The molecule has 1 aliphatic heterocycles. The van der Waals surface area contributed by atoms with Gasteiger partial charge in [0.1, 0.15) is 6.04 Å². The fourth-order valence-electron chi connectivity index (χ4n) is 1.86. The molecule has 0 spiro atoms. The second-order valence-electron chi connectivity index (χ2n) is 4.38. The summed E-state index contributed by atoms with van der Waals surface area (Å²) in [7, 11) is 0. The number of aliphatic carboxylic acids is 1. The van der Waals surface area contributed by atoms with Gasteiger partial charge in [-0.1, -0.05) is 0 Å². The average Bonchev–Trinajstić information content (AvgIpc) is 2.81. The molecule has 8 heteroatoms. The van der Waals surface area contributed by atoms with Crippen molar-refractivity contribution < 1.29 is 14.7 Å². The van der Waals surface area contributed by atoms with Crippen LogP contribution >= 0.6 is 24.8 Å². The number of hydrogen-bond acceptors (Lipinski definition) is 4. The molecule has 1 amide bonds. The number of nitrogens with one attached hydrogen (secondary N) is 2. The van der Waals surface area contributed by atoms with Crippen LogP contribution in [0.4, 0.5) is 0 Å². The normalized spacial score (nSPS) is 18.9. The number of rotatable bonds is 7. The van der Waals surface area contributed by atoms with E-state index in [4.69, 9.17) is 10.8 Å². The molecule has 0 aromatic carbocycles. The number of carboxylic acid groups (broad SMARTS) is 1. The molecular weight excluding hydrogens is 293 g/mol. The molecule has 1 rings (SSSR count). The number of halogens is 2. The highest BCUT2D eigenvalue weighted by molar-refractivity contribution is 5.85. The molecule has 1 aliphatic rings. The minimum Gasteiger partial charge on any atom is -0.480 e. The fraction of sp³-hybridized carbons (Fsp3) is 0.818. The highest BCUT2D eigenvalue weighted by Crippen LogP contribution is 2.04. The summed E-state index contributed by atoms with van der Waals surface area (Å²) in [5.41, 5.74) is 5.36. The van der Waals surface area contributed by atoms with Gasteiger partial charge in [-0.05, 0) is 38.6 Å². The van der Waals surface area contributed by atoms with E-state index in [1.165, 1.54) is 0 Å². The Morgan fingerprint density at radius 3 is 2.58 bits per heavy atom. The molecule has 2 atom stereocenters. The molecule has 1 saturated heterocycles. The predicted molar refractivity (Wildman–Crippen MR) is 78.0 cm³/mol. The quantitative estimate of drug-likeness (QED) is 0.505. The predicted octanol–water partition coefficient (Wildman–Crippen LogP) is 0.280. The third-order valence-electron chi connectivity index (χ3n) is 2.94. The molecule has 0 aromatic rings. The highest BCUT2D eigenvalue weighted by atomic mass is 35.5. The summed E-state index contributed by atoms with van der Waals surface area (Å²) in [5.74, 6) is -0.922. The average molecular weight is 316 g/mol. The van der Waals surface area contributed by atoms with Gasteiger partial charge in [0.15, 0.2) is 0 Å². The number of carboxylic acids is 1. The van der Waals surface area contributed by atoms with E-state index in [9.17, 15) is 9.59 Å². The van der Waals surface area contributed by atoms with Crippen molar-refractivity contribution in [1.29, 1.82) is 0 Å². The first-order valence-corrected chi connectivity index (χ1v) is 6.10. The van der Waals surface area contributed by atoms with Gasteiger partial charge in [-0.15, -0.1) is 24.8 Å². The zero-order chi connectivity index (χ0) is 12.7. The van der Waals surface area contributed by atoms with Crippen LogP contribution in [0.1, 0.15) is 32.1 Å². The van der Waals surface area contributed by atoms with Gasteiger partial charge in [0.25, 0.3) is 0 Å². The fourth-order valence-corrected chi connectivity index (χ4v) is 1.86. The third-order valence-corrected chi connectivity index (χ3v) is 2.94. The van der Waals surface area contributed by atoms with Gasteiger partial charge < -0.3 is 21.5 Å². The Morgan fingerprint density at radius 2 is 2.05 bits per heavy atom. The van der Waals surface area contributed by atoms with E-state index >= 15 is 0 Å². The first-order chi connectivity index (χ1) is 8.11. The van der Waals surface area contributed by atoms with E-state index in [1.807, 2.05) is 0 Å². The number of amides is 1. The van der Waals surface area contributed by atoms with Crippen LogP contribution in [0.15, 0.2) is 0 Å². The molecule has 114 valence electrons. The summed E-state index contributed by atoms with van der Waals surface area (Å²) < 4.78 is 0. The van der Waals surface area contributed by atoms with E-state index in [2.05, 4.69) is 10.6 Å². The van der Waals surface area contributed by atoms with Gasteiger partial charge in [-0.3, -0.25) is 9.59 Å².